The summed E-state index contributed by atoms with van der Waals surface area (Å²) < 4.78 is 31.6. The highest BCUT2D eigenvalue weighted by atomic mass is 19.1. The summed E-state index contributed by atoms with van der Waals surface area (Å²) in [6, 6.07) is 11.6. The zero-order chi connectivity index (χ0) is 14.4. The van der Waals surface area contributed by atoms with E-state index in [0.29, 0.717) is 25.3 Å². The molecule has 20 heavy (non-hydrogen) atoms. The molecule has 0 aromatic heterocycles. The molecule has 0 saturated carbocycles. The first-order valence-electron chi connectivity index (χ1n) is 6.22. The third-order valence-corrected chi connectivity index (χ3v) is 2.70. The molecule has 0 aliphatic carbocycles. The average Bonchev–Trinajstić information content (AvgIpc) is 2.45. The zero-order valence-corrected chi connectivity index (χ0v) is 10.8. The molecule has 2 aromatic rings. The van der Waals surface area contributed by atoms with Crippen LogP contribution in [0.15, 0.2) is 42.5 Å². The van der Waals surface area contributed by atoms with Gasteiger partial charge in [0.1, 0.15) is 12.4 Å². The molecule has 0 unspecified atom stereocenters. The predicted molar refractivity (Wildman–Crippen MR) is 71.7 cm³/mol. The van der Waals surface area contributed by atoms with E-state index in [9.17, 15) is 8.78 Å². The van der Waals surface area contributed by atoms with E-state index in [0.717, 1.165) is 17.9 Å². The van der Waals surface area contributed by atoms with Crippen LogP contribution in [0.4, 0.5) is 8.78 Å². The number of ether oxygens (including phenoxy) is 1. The number of hydrogen-bond acceptors (Lipinski definition) is 3. The molecule has 0 aliphatic rings. The molecule has 0 amide bonds. The summed E-state index contributed by atoms with van der Waals surface area (Å²) in [5.41, 5.74) is 0.428. The highest BCUT2D eigenvalue weighted by molar-refractivity contribution is 5.29. The molecule has 0 fully saturated rings. The molecule has 106 valence electrons. The molecule has 0 saturated heterocycles. The summed E-state index contributed by atoms with van der Waals surface area (Å²) in [6.45, 7) is 1.29. The molecule has 0 aliphatic heterocycles. The van der Waals surface area contributed by atoms with Crippen molar-refractivity contribution < 1.29 is 18.6 Å². The smallest absolute Gasteiger partial charge is 0.187 e. The second-order valence-corrected chi connectivity index (χ2v) is 4.25. The summed E-state index contributed by atoms with van der Waals surface area (Å²) in [5.74, 6) is -2.08. The molecule has 2 rings (SSSR count). The highest BCUT2D eigenvalue weighted by Gasteiger charge is 2.08. The summed E-state index contributed by atoms with van der Waals surface area (Å²) in [6.07, 6.45) is 0. The van der Waals surface area contributed by atoms with Crippen molar-refractivity contribution in [2.75, 3.05) is 13.2 Å². The standard InChI is InChI=1S/C15H15F2NO2/c16-13-8-11(9-14(17)15(13)19)10-18-6-7-20-12-4-2-1-3-5-12/h1-5,8-9,18-19H,6-7,10H2. The molecular formula is C15H15F2NO2. The van der Waals surface area contributed by atoms with Crippen molar-refractivity contribution in [3.05, 3.63) is 59.7 Å². The Morgan fingerprint density at radius 2 is 1.70 bits per heavy atom. The lowest BCUT2D eigenvalue weighted by molar-refractivity contribution is 0.313. The maximum Gasteiger partial charge on any atom is 0.187 e. The summed E-state index contributed by atoms with van der Waals surface area (Å²) in [4.78, 5) is 0. The second kappa shape index (κ2) is 6.86. The lowest BCUT2D eigenvalue weighted by Gasteiger charge is -2.08. The number of halogens is 2. The van der Waals surface area contributed by atoms with E-state index < -0.39 is 17.4 Å². The Morgan fingerprint density at radius 1 is 1.05 bits per heavy atom. The van der Waals surface area contributed by atoms with Crippen LogP contribution in [0.2, 0.25) is 0 Å². The van der Waals surface area contributed by atoms with Gasteiger partial charge in [0.25, 0.3) is 0 Å². The van der Waals surface area contributed by atoms with E-state index in [1.54, 1.807) is 0 Å². The predicted octanol–water partition coefficient (Wildman–Crippen LogP) is 2.84. The normalized spacial score (nSPS) is 10.5. The van der Waals surface area contributed by atoms with Gasteiger partial charge in [-0.15, -0.1) is 0 Å². The third kappa shape index (κ3) is 3.93. The van der Waals surface area contributed by atoms with Crippen molar-refractivity contribution >= 4 is 0 Å². The van der Waals surface area contributed by atoms with Crippen LogP contribution in [0.3, 0.4) is 0 Å². The molecule has 0 radical (unpaired) electrons. The van der Waals surface area contributed by atoms with Gasteiger partial charge in [-0.3, -0.25) is 0 Å². The summed E-state index contributed by atoms with van der Waals surface area (Å²) in [5, 5.41) is 12.0. The maximum atomic E-state index is 13.1. The van der Waals surface area contributed by atoms with Crippen molar-refractivity contribution in [2.24, 2.45) is 0 Å². The number of phenolic OH excluding ortho intramolecular Hbond substituents is 1. The van der Waals surface area contributed by atoms with Gasteiger partial charge in [0.15, 0.2) is 17.4 Å². The van der Waals surface area contributed by atoms with Gasteiger partial charge in [0.2, 0.25) is 0 Å². The minimum absolute atomic E-state index is 0.298. The number of hydrogen-bond donors (Lipinski definition) is 2. The lowest BCUT2D eigenvalue weighted by Crippen LogP contribution is -2.20. The average molecular weight is 279 g/mol. The molecule has 2 N–H and O–H groups in total. The van der Waals surface area contributed by atoms with Crippen LogP contribution in [0.25, 0.3) is 0 Å². The van der Waals surface area contributed by atoms with Gasteiger partial charge in [0.05, 0.1) is 0 Å². The van der Waals surface area contributed by atoms with Crippen LogP contribution in [0.1, 0.15) is 5.56 Å². The van der Waals surface area contributed by atoms with Crippen molar-refractivity contribution in [1.29, 1.82) is 0 Å². The minimum Gasteiger partial charge on any atom is -0.503 e. The molecule has 0 heterocycles. The second-order valence-electron chi connectivity index (χ2n) is 4.25. The van der Waals surface area contributed by atoms with Crippen LogP contribution in [-0.4, -0.2) is 18.3 Å². The Morgan fingerprint density at radius 3 is 2.35 bits per heavy atom. The fraction of sp³-hybridized carbons (Fsp3) is 0.200. The van der Waals surface area contributed by atoms with Gasteiger partial charge in [-0.25, -0.2) is 8.78 Å². The third-order valence-electron chi connectivity index (χ3n) is 2.70. The Bertz CT molecular complexity index is 538. The van der Waals surface area contributed by atoms with E-state index in [2.05, 4.69) is 5.32 Å². The monoisotopic (exact) mass is 279 g/mol. The fourth-order valence-electron chi connectivity index (χ4n) is 1.71. The lowest BCUT2D eigenvalue weighted by atomic mass is 10.2. The van der Waals surface area contributed by atoms with E-state index >= 15 is 0 Å². The van der Waals surface area contributed by atoms with Crippen molar-refractivity contribution in [3.63, 3.8) is 0 Å². The Labute approximate surface area is 115 Å². The molecule has 5 heteroatoms. The Hall–Kier alpha value is -2.14. The zero-order valence-electron chi connectivity index (χ0n) is 10.8. The number of aromatic hydroxyl groups is 1. The van der Waals surface area contributed by atoms with Crippen molar-refractivity contribution in [3.8, 4) is 11.5 Å². The van der Waals surface area contributed by atoms with Gasteiger partial charge in [-0.05, 0) is 29.8 Å². The largest absolute Gasteiger partial charge is 0.503 e. The summed E-state index contributed by atoms with van der Waals surface area (Å²) >= 11 is 0. The molecule has 0 spiro atoms. The number of nitrogens with one attached hydrogen (secondary N) is 1. The van der Waals surface area contributed by atoms with Crippen LogP contribution >= 0.6 is 0 Å². The molecule has 2 aromatic carbocycles. The molecule has 0 atom stereocenters. The van der Waals surface area contributed by atoms with Crippen LogP contribution in [-0.2, 0) is 6.54 Å². The maximum absolute atomic E-state index is 13.1. The van der Waals surface area contributed by atoms with E-state index in [-0.39, 0.29) is 0 Å². The first-order chi connectivity index (χ1) is 9.66. The topological polar surface area (TPSA) is 41.5 Å². The fourth-order valence-corrected chi connectivity index (χ4v) is 1.71. The molecular weight excluding hydrogens is 264 g/mol. The van der Waals surface area contributed by atoms with E-state index in [1.807, 2.05) is 30.3 Å². The van der Waals surface area contributed by atoms with Gasteiger partial charge in [-0.2, -0.15) is 0 Å². The SMILES string of the molecule is Oc1c(F)cc(CNCCOc2ccccc2)cc1F. The number of rotatable bonds is 6. The van der Waals surface area contributed by atoms with Crippen molar-refractivity contribution in [2.45, 2.75) is 6.54 Å². The molecule has 0 bridgehead atoms. The first-order valence-corrected chi connectivity index (χ1v) is 6.22. The van der Waals surface area contributed by atoms with E-state index in [4.69, 9.17) is 9.84 Å². The quantitative estimate of drug-likeness (QED) is 0.799. The van der Waals surface area contributed by atoms with Crippen LogP contribution < -0.4 is 10.1 Å². The van der Waals surface area contributed by atoms with Gasteiger partial charge >= 0.3 is 0 Å². The van der Waals surface area contributed by atoms with Gasteiger partial charge in [0, 0.05) is 13.1 Å². The number of para-hydroxylation sites is 1. The van der Waals surface area contributed by atoms with Crippen LogP contribution in [0.5, 0.6) is 11.5 Å². The van der Waals surface area contributed by atoms with Crippen LogP contribution in [0, 0.1) is 11.6 Å². The van der Waals surface area contributed by atoms with Gasteiger partial charge in [-0.1, -0.05) is 18.2 Å². The Balaban J connectivity index is 1.74. The first kappa shape index (κ1) is 14.3. The van der Waals surface area contributed by atoms with Gasteiger partial charge < -0.3 is 15.2 Å². The number of benzene rings is 2. The number of phenols is 1. The van der Waals surface area contributed by atoms with Crippen molar-refractivity contribution in [1.82, 2.24) is 5.32 Å². The Kier molecular flexibility index (Phi) is 4.90. The molecule has 3 nitrogen and oxygen atoms in total. The summed E-state index contributed by atoms with van der Waals surface area (Å²) in [7, 11) is 0. The van der Waals surface area contributed by atoms with E-state index in [1.165, 1.54) is 0 Å². The minimum atomic E-state index is -0.956. The highest BCUT2D eigenvalue weighted by Crippen LogP contribution is 2.21.